The molecule has 0 amide bonds. The van der Waals surface area contributed by atoms with Crippen LogP contribution in [0.3, 0.4) is 0 Å². The lowest BCUT2D eigenvalue weighted by molar-refractivity contribution is 0.00291. The number of benzene rings is 3. The summed E-state index contributed by atoms with van der Waals surface area (Å²) in [5.41, 5.74) is 2.24. The zero-order valence-corrected chi connectivity index (χ0v) is 14.5. The van der Waals surface area contributed by atoms with Gasteiger partial charge in [0.15, 0.2) is 13.6 Å². The van der Waals surface area contributed by atoms with E-state index in [1.807, 2.05) is 84.9 Å². The first kappa shape index (κ1) is 18.0. The van der Waals surface area contributed by atoms with Gasteiger partial charge in [-0.3, -0.25) is 0 Å². The molecule has 4 nitrogen and oxygen atoms in total. The monoisotopic (exact) mass is 350 g/mol. The molecule has 0 spiro atoms. The highest BCUT2D eigenvalue weighted by Crippen LogP contribution is 2.18. The number of hydrogen-bond acceptors (Lipinski definition) is 4. The number of hydrogen-bond donors (Lipinski definition) is 0. The molecule has 3 rings (SSSR count). The molecule has 26 heavy (non-hydrogen) atoms. The second-order valence-electron chi connectivity index (χ2n) is 5.66. The first-order valence-electron chi connectivity index (χ1n) is 8.49. The standard InChI is InChI=1S/C22H22O4/c1-3-7-19(8-4-1)15-23-17-25-21-11-13-22(14-12-21)26-18-24-16-20-9-5-2-6-10-20/h1-14H,15-18H2. The SMILES string of the molecule is c1ccc(COCOc2ccc(OCOCc3ccccc3)cc2)cc1. The van der Waals surface area contributed by atoms with E-state index in [0.29, 0.717) is 13.2 Å². The largest absolute Gasteiger partial charge is 0.468 e. The molecule has 3 aromatic rings. The average molecular weight is 350 g/mol. The van der Waals surface area contributed by atoms with Crippen LogP contribution in [0.25, 0.3) is 0 Å². The molecule has 3 aromatic carbocycles. The van der Waals surface area contributed by atoms with Gasteiger partial charge in [0.05, 0.1) is 13.2 Å². The van der Waals surface area contributed by atoms with E-state index < -0.39 is 0 Å². The van der Waals surface area contributed by atoms with Crippen molar-refractivity contribution in [1.29, 1.82) is 0 Å². The minimum Gasteiger partial charge on any atom is -0.468 e. The van der Waals surface area contributed by atoms with Gasteiger partial charge in [-0.1, -0.05) is 60.7 Å². The van der Waals surface area contributed by atoms with Crippen LogP contribution >= 0.6 is 0 Å². The van der Waals surface area contributed by atoms with Crippen LogP contribution in [-0.4, -0.2) is 13.6 Å². The van der Waals surface area contributed by atoms with Crippen molar-refractivity contribution in [3.05, 3.63) is 96.1 Å². The Morgan fingerprint density at radius 3 is 1.23 bits per heavy atom. The fourth-order valence-electron chi connectivity index (χ4n) is 2.32. The van der Waals surface area contributed by atoms with Crippen molar-refractivity contribution in [3.63, 3.8) is 0 Å². The fourth-order valence-corrected chi connectivity index (χ4v) is 2.32. The lowest BCUT2D eigenvalue weighted by Gasteiger charge is -2.10. The summed E-state index contributed by atoms with van der Waals surface area (Å²) in [4.78, 5) is 0. The molecular formula is C22H22O4. The molecule has 0 N–H and O–H groups in total. The number of rotatable bonds is 10. The smallest absolute Gasteiger partial charge is 0.189 e. The average Bonchev–Trinajstić information content (AvgIpc) is 2.71. The molecule has 0 heterocycles. The van der Waals surface area contributed by atoms with Crippen molar-refractivity contribution in [2.45, 2.75) is 13.2 Å². The normalized spacial score (nSPS) is 10.5. The van der Waals surface area contributed by atoms with Crippen LogP contribution < -0.4 is 9.47 Å². The second kappa shape index (κ2) is 10.2. The van der Waals surface area contributed by atoms with Gasteiger partial charge >= 0.3 is 0 Å². The van der Waals surface area contributed by atoms with E-state index in [1.54, 1.807) is 0 Å². The first-order chi connectivity index (χ1) is 12.9. The van der Waals surface area contributed by atoms with Crippen molar-refractivity contribution >= 4 is 0 Å². The number of ether oxygens (including phenoxy) is 4. The van der Waals surface area contributed by atoms with Crippen molar-refractivity contribution < 1.29 is 18.9 Å². The van der Waals surface area contributed by atoms with E-state index in [-0.39, 0.29) is 13.6 Å². The van der Waals surface area contributed by atoms with Gasteiger partial charge in [-0.25, -0.2) is 0 Å². The Morgan fingerprint density at radius 1 is 0.462 bits per heavy atom. The Morgan fingerprint density at radius 2 is 0.846 bits per heavy atom. The summed E-state index contributed by atoms with van der Waals surface area (Å²) in [5.74, 6) is 1.46. The third-order valence-corrected chi connectivity index (χ3v) is 3.66. The van der Waals surface area contributed by atoms with Crippen LogP contribution in [0.5, 0.6) is 11.5 Å². The summed E-state index contributed by atoms with van der Waals surface area (Å²) in [6.07, 6.45) is 0. The summed E-state index contributed by atoms with van der Waals surface area (Å²) in [7, 11) is 0. The zero-order chi connectivity index (χ0) is 17.9. The first-order valence-corrected chi connectivity index (χ1v) is 8.49. The van der Waals surface area contributed by atoms with Crippen molar-refractivity contribution in [2.24, 2.45) is 0 Å². The summed E-state index contributed by atoms with van der Waals surface area (Å²) in [6, 6.07) is 27.4. The molecule has 4 heteroatoms. The molecule has 0 aliphatic rings. The highest BCUT2D eigenvalue weighted by atomic mass is 16.7. The van der Waals surface area contributed by atoms with Gasteiger partial charge in [0.25, 0.3) is 0 Å². The van der Waals surface area contributed by atoms with Crippen molar-refractivity contribution in [3.8, 4) is 11.5 Å². The summed E-state index contributed by atoms with van der Waals surface area (Å²) >= 11 is 0. The zero-order valence-electron chi connectivity index (χ0n) is 14.5. The Labute approximate surface area is 153 Å². The molecule has 0 aliphatic heterocycles. The fraction of sp³-hybridized carbons (Fsp3) is 0.182. The van der Waals surface area contributed by atoms with Gasteiger partial charge in [0, 0.05) is 0 Å². The predicted octanol–water partition coefficient (Wildman–Crippen LogP) is 4.79. The molecule has 0 saturated heterocycles. The summed E-state index contributed by atoms with van der Waals surface area (Å²) < 4.78 is 22.1. The van der Waals surface area contributed by atoms with Crippen molar-refractivity contribution in [2.75, 3.05) is 13.6 Å². The second-order valence-corrected chi connectivity index (χ2v) is 5.66. The molecular weight excluding hydrogens is 328 g/mol. The third-order valence-electron chi connectivity index (χ3n) is 3.66. The van der Waals surface area contributed by atoms with Crippen LogP contribution in [0, 0.1) is 0 Å². The molecule has 0 saturated carbocycles. The van der Waals surface area contributed by atoms with Gasteiger partial charge in [-0.15, -0.1) is 0 Å². The third kappa shape index (κ3) is 6.24. The maximum absolute atomic E-state index is 5.56. The van der Waals surface area contributed by atoms with Crippen LogP contribution in [-0.2, 0) is 22.7 Å². The van der Waals surface area contributed by atoms with E-state index in [1.165, 1.54) is 0 Å². The van der Waals surface area contributed by atoms with E-state index in [0.717, 1.165) is 22.6 Å². The maximum atomic E-state index is 5.56. The Hall–Kier alpha value is -2.82. The lowest BCUT2D eigenvalue weighted by Crippen LogP contribution is -2.04. The summed E-state index contributed by atoms with van der Waals surface area (Å²) in [5, 5.41) is 0. The lowest BCUT2D eigenvalue weighted by atomic mass is 10.2. The molecule has 0 bridgehead atoms. The molecule has 0 aliphatic carbocycles. The predicted molar refractivity (Wildman–Crippen MR) is 99.9 cm³/mol. The maximum Gasteiger partial charge on any atom is 0.189 e. The van der Waals surface area contributed by atoms with Crippen molar-refractivity contribution in [1.82, 2.24) is 0 Å². The molecule has 0 unspecified atom stereocenters. The van der Waals surface area contributed by atoms with E-state index in [4.69, 9.17) is 18.9 Å². The minimum absolute atomic E-state index is 0.204. The quantitative estimate of drug-likeness (QED) is 0.389. The molecule has 134 valence electrons. The van der Waals surface area contributed by atoms with Gasteiger partial charge in [-0.2, -0.15) is 0 Å². The van der Waals surface area contributed by atoms with Gasteiger partial charge in [-0.05, 0) is 35.4 Å². The topological polar surface area (TPSA) is 36.9 Å². The van der Waals surface area contributed by atoms with Gasteiger partial charge < -0.3 is 18.9 Å². The van der Waals surface area contributed by atoms with Crippen LogP contribution in [0.2, 0.25) is 0 Å². The van der Waals surface area contributed by atoms with Gasteiger partial charge in [0.2, 0.25) is 0 Å². The Bertz CT molecular complexity index is 676. The molecule has 0 radical (unpaired) electrons. The Balaban J connectivity index is 1.31. The van der Waals surface area contributed by atoms with E-state index >= 15 is 0 Å². The van der Waals surface area contributed by atoms with E-state index in [9.17, 15) is 0 Å². The van der Waals surface area contributed by atoms with Crippen LogP contribution in [0.1, 0.15) is 11.1 Å². The van der Waals surface area contributed by atoms with Crippen LogP contribution in [0.15, 0.2) is 84.9 Å². The van der Waals surface area contributed by atoms with Crippen LogP contribution in [0.4, 0.5) is 0 Å². The minimum atomic E-state index is 0.204. The molecule has 0 fully saturated rings. The Kier molecular flexibility index (Phi) is 7.08. The highest BCUT2D eigenvalue weighted by Gasteiger charge is 1.98. The molecule has 0 atom stereocenters. The highest BCUT2D eigenvalue weighted by molar-refractivity contribution is 5.31. The van der Waals surface area contributed by atoms with Gasteiger partial charge in [0.1, 0.15) is 11.5 Å². The summed E-state index contributed by atoms with van der Waals surface area (Å²) in [6.45, 7) is 1.46. The van der Waals surface area contributed by atoms with E-state index in [2.05, 4.69) is 0 Å². The molecule has 0 aromatic heterocycles.